The summed E-state index contributed by atoms with van der Waals surface area (Å²) in [5, 5.41) is 20.0. The molecule has 0 saturated heterocycles. The normalized spacial score (nSPS) is 10.7. The highest BCUT2D eigenvalue weighted by molar-refractivity contribution is 5.80. The number of benzene rings is 3. The summed E-state index contributed by atoms with van der Waals surface area (Å²) in [6.45, 7) is 1.74. The molecule has 0 bridgehead atoms. The standard InChI is InChI=1S/C26H23NO6/c1-17-6-4-8-19(26(17)33-16-25(29)30)14-31-20-9-5-10-21(13-20)32-15-23-24(28)12-18-7-2-3-11-22(18)27-23/h2-13,28H,14-16H2,1H3,(H,29,30). The molecule has 0 aliphatic heterocycles. The summed E-state index contributed by atoms with van der Waals surface area (Å²) in [7, 11) is 0. The summed E-state index contributed by atoms with van der Waals surface area (Å²) >= 11 is 0. The Morgan fingerprint density at radius 1 is 0.879 bits per heavy atom. The van der Waals surface area contributed by atoms with Gasteiger partial charge in [0.15, 0.2) is 6.61 Å². The lowest BCUT2D eigenvalue weighted by molar-refractivity contribution is -0.139. The Hall–Kier alpha value is -4.26. The highest BCUT2D eigenvalue weighted by Crippen LogP contribution is 2.27. The first-order valence-electron chi connectivity index (χ1n) is 10.4. The molecule has 1 heterocycles. The number of carboxylic acid groups (broad SMARTS) is 1. The number of hydrogen-bond donors (Lipinski definition) is 2. The number of aromatic nitrogens is 1. The minimum Gasteiger partial charge on any atom is -0.506 e. The van der Waals surface area contributed by atoms with Crippen molar-refractivity contribution in [2.24, 2.45) is 0 Å². The summed E-state index contributed by atoms with van der Waals surface area (Å²) in [5.41, 5.74) is 2.80. The van der Waals surface area contributed by atoms with Gasteiger partial charge in [0.2, 0.25) is 0 Å². The maximum atomic E-state index is 10.9. The molecule has 4 aromatic rings. The van der Waals surface area contributed by atoms with Crippen molar-refractivity contribution >= 4 is 16.9 Å². The maximum absolute atomic E-state index is 10.9. The number of carbonyl (C=O) groups is 1. The molecule has 7 heteroatoms. The number of aryl methyl sites for hydroxylation is 1. The molecule has 7 nitrogen and oxygen atoms in total. The number of fused-ring (bicyclic) bond motifs is 1. The van der Waals surface area contributed by atoms with Crippen molar-refractivity contribution < 1.29 is 29.2 Å². The number of hydrogen-bond acceptors (Lipinski definition) is 6. The van der Waals surface area contributed by atoms with E-state index in [0.717, 1.165) is 22.0 Å². The van der Waals surface area contributed by atoms with Gasteiger partial charge in [0.05, 0.1) is 5.52 Å². The van der Waals surface area contributed by atoms with Crippen LogP contribution in [0.25, 0.3) is 10.9 Å². The van der Waals surface area contributed by atoms with E-state index in [-0.39, 0.29) is 19.0 Å². The monoisotopic (exact) mass is 445 g/mol. The molecule has 3 aromatic carbocycles. The van der Waals surface area contributed by atoms with Crippen molar-refractivity contribution in [3.8, 4) is 23.0 Å². The van der Waals surface area contributed by atoms with Crippen molar-refractivity contribution in [3.05, 3.63) is 89.6 Å². The van der Waals surface area contributed by atoms with Crippen LogP contribution >= 0.6 is 0 Å². The zero-order chi connectivity index (χ0) is 23.2. The van der Waals surface area contributed by atoms with Crippen LogP contribution in [0.4, 0.5) is 0 Å². The van der Waals surface area contributed by atoms with E-state index in [0.29, 0.717) is 22.9 Å². The minimum absolute atomic E-state index is 0.0782. The van der Waals surface area contributed by atoms with Gasteiger partial charge in [0.25, 0.3) is 0 Å². The van der Waals surface area contributed by atoms with Crippen LogP contribution in [-0.2, 0) is 18.0 Å². The summed E-state index contributed by atoms with van der Waals surface area (Å²) in [5.74, 6) is 0.684. The Balaban J connectivity index is 1.42. The fourth-order valence-electron chi connectivity index (χ4n) is 3.38. The molecular formula is C26H23NO6. The van der Waals surface area contributed by atoms with Gasteiger partial charge < -0.3 is 24.4 Å². The van der Waals surface area contributed by atoms with Gasteiger partial charge in [-0.1, -0.05) is 42.5 Å². The second-order valence-electron chi connectivity index (χ2n) is 7.44. The molecule has 33 heavy (non-hydrogen) atoms. The molecule has 0 unspecified atom stereocenters. The Bertz CT molecular complexity index is 1290. The second kappa shape index (κ2) is 9.91. The molecule has 0 fully saturated rings. The number of aliphatic carboxylic acids is 1. The molecule has 2 N–H and O–H groups in total. The fourth-order valence-corrected chi connectivity index (χ4v) is 3.38. The van der Waals surface area contributed by atoms with E-state index in [1.807, 2.05) is 49.4 Å². The number of carboxylic acids is 1. The highest BCUT2D eigenvalue weighted by atomic mass is 16.5. The number of rotatable bonds is 9. The van der Waals surface area contributed by atoms with E-state index in [2.05, 4.69) is 4.98 Å². The van der Waals surface area contributed by atoms with Gasteiger partial charge in [0.1, 0.15) is 41.9 Å². The molecule has 1 aromatic heterocycles. The number of pyridine rings is 1. The topological polar surface area (TPSA) is 98.1 Å². The lowest BCUT2D eigenvalue weighted by Crippen LogP contribution is -2.12. The lowest BCUT2D eigenvalue weighted by atomic mass is 10.1. The van der Waals surface area contributed by atoms with Crippen LogP contribution in [0.2, 0.25) is 0 Å². The van der Waals surface area contributed by atoms with Crippen LogP contribution in [0.5, 0.6) is 23.0 Å². The minimum atomic E-state index is -1.04. The Labute approximate surface area is 190 Å². The first-order valence-corrected chi connectivity index (χ1v) is 10.4. The zero-order valence-corrected chi connectivity index (χ0v) is 18.0. The lowest BCUT2D eigenvalue weighted by Gasteiger charge is -2.14. The number of nitrogens with zero attached hydrogens (tertiary/aromatic N) is 1. The molecule has 0 saturated carbocycles. The third-order valence-electron chi connectivity index (χ3n) is 4.99. The molecular weight excluding hydrogens is 422 g/mol. The molecule has 0 spiro atoms. The molecule has 0 atom stereocenters. The Kier molecular flexibility index (Phi) is 6.59. The SMILES string of the molecule is Cc1cccc(COc2cccc(OCc3nc4ccccc4cc3O)c2)c1OCC(=O)O. The van der Waals surface area contributed by atoms with E-state index in [9.17, 15) is 9.90 Å². The summed E-state index contributed by atoms with van der Waals surface area (Å²) < 4.78 is 17.2. The van der Waals surface area contributed by atoms with Gasteiger partial charge in [-0.2, -0.15) is 0 Å². The first-order chi connectivity index (χ1) is 16.0. The smallest absolute Gasteiger partial charge is 0.341 e. The number of para-hydroxylation sites is 2. The summed E-state index contributed by atoms with van der Waals surface area (Å²) in [6, 6.07) is 21.9. The molecule has 168 valence electrons. The fraction of sp³-hybridized carbons (Fsp3) is 0.154. The Morgan fingerprint density at radius 2 is 1.61 bits per heavy atom. The van der Waals surface area contributed by atoms with Gasteiger partial charge in [-0.3, -0.25) is 0 Å². The summed E-state index contributed by atoms with van der Waals surface area (Å²) in [4.78, 5) is 15.3. The van der Waals surface area contributed by atoms with Crippen LogP contribution in [-0.4, -0.2) is 27.8 Å². The van der Waals surface area contributed by atoms with E-state index < -0.39 is 12.6 Å². The maximum Gasteiger partial charge on any atom is 0.341 e. The first kappa shape index (κ1) is 22.0. The quantitative estimate of drug-likeness (QED) is 0.379. The van der Waals surface area contributed by atoms with Crippen molar-refractivity contribution in [3.63, 3.8) is 0 Å². The van der Waals surface area contributed by atoms with E-state index in [1.165, 1.54) is 0 Å². The number of aromatic hydroxyl groups is 1. The van der Waals surface area contributed by atoms with E-state index >= 15 is 0 Å². The van der Waals surface area contributed by atoms with Crippen LogP contribution in [0, 0.1) is 6.92 Å². The molecule has 4 rings (SSSR count). The molecule has 0 aliphatic rings. The van der Waals surface area contributed by atoms with Crippen LogP contribution in [0.15, 0.2) is 72.8 Å². The molecule has 0 radical (unpaired) electrons. The van der Waals surface area contributed by atoms with Gasteiger partial charge >= 0.3 is 5.97 Å². The van der Waals surface area contributed by atoms with Gasteiger partial charge in [-0.05, 0) is 36.8 Å². The van der Waals surface area contributed by atoms with E-state index in [4.69, 9.17) is 19.3 Å². The van der Waals surface area contributed by atoms with Crippen molar-refractivity contribution in [2.75, 3.05) is 6.61 Å². The molecule has 0 amide bonds. The Morgan fingerprint density at radius 3 is 2.39 bits per heavy atom. The van der Waals surface area contributed by atoms with Crippen molar-refractivity contribution in [1.82, 2.24) is 4.98 Å². The van der Waals surface area contributed by atoms with Crippen molar-refractivity contribution in [2.45, 2.75) is 20.1 Å². The third kappa shape index (κ3) is 5.51. The second-order valence-corrected chi connectivity index (χ2v) is 7.44. The average Bonchev–Trinajstić information content (AvgIpc) is 2.81. The van der Waals surface area contributed by atoms with Gasteiger partial charge in [-0.25, -0.2) is 9.78 Å². The van der Waals surface area contributed by atoms with Crippen LogP contribution in [0.1, 0.15) is 16.8 Å². The molecule has 0 aliphatic carbocycles. The third-order valence-corrected chi connectivity index (χ3v) is 4.99. The highest BCUT2D eigenvalue weighted by Gasteiger charge is 2.11. The van der Waals surface area contributed by atoms with E-state index in [1.54, 1.807) is 30.3 Å². The van der Waals surface area contributed by atoms with Crippen LogP contribution < -0.4 is 14.2 Å². The number of ether oxygens (including phenoxy) is 3. The summed E-state index contributed by atoms with van der Waals surface area (Å²) in [6.07, 6.45) is 0. The van der Waals surface area contributed by atoms with Gasteiger partial charge in [0, 0.05) is 17.0 Å². The zero-order valence-electron chi connectivity index (χ0n) is 18.0. The van der Waals surface area contributed by atoms with Crippen LogP contribution in [0.3, 0.4) is 0 Å². The largest absolute Gasteiger partial charge is 0.506 e. The van der Waals surface area contributed by atoms with Crippen molar-refractivity contribution in [1.29, 1.82) is 0 Å². The predicted molar refractivity (Wildman–Crippen MR) is 123 cm³/mol. The predicted octanol–water partition coefficient (Wildman–Crippen LogP) is 4.87. The van der Waals surface area contributed by atoms with Gasteiger partial charge in [-0.15, -0.1) is 0 Å². The average molecular weight is 445 g/mol.